The molecule has 1 aliphatic carbocycles. The molecular formula is C11H11BrClNO. The predicted octanol–water partition coefficient (Wildman–Crippen LogP) is 3.34. The van der Waals surface area contributed by atoms with E-state index in [0.29, 0.717) is 16.6 Å². The number of carbonyl (C=O) groups is 1. The van der Waals surface area contributed by atoms with Gasteiger partial charge in [-0.05, 0) is 40.9 Å². The maximum atomic E-state index is 12.0. The van der Waals surface area contributed by atoms with Gasteiger partial charge in [0, 0.05) is 17.6 Å². The van der Waals surface area contributed by atoms with Crippen molar-refractivity contribution in [1.29, 1.82) is 0 Å². The molecule has 4 heteroatoms. The molecular weight excluding hydrogens is 277 g/mol. The van der Waals surface area contributed by atoms with Gasteiger partial charge in [-0.1, -0.05) is 17.7 Å². The standard InChI is InChI=1S/C11H11BrClNO/c1-14(7-5-6-7)11(15)8-3-2-4-9(12)10(8)13/h2-4,7H,5-6H2,1H3. The summed E-state index contributed by atoms with van der Waals surface area (Å²) in [6, 6.07) is 5.82. The Hall–Kier alpha value is -0.540. The Morgan fingerprint density at radius 1 is 1.53 bits per heavy atom. The van der Waals surface area contributed by atoms with Crippen molar-refractivity contribution in [3.05, 3.63) is 33.3 Å². The molecule has 0 saturated heterocycles. The Morgan fingerprint density at radius 3 is 2.80 bits per heavy atom. The van der Waals surface area contributed by atoms with Crippen LogP contribution < -0.4 is 0 Å². The van der Waals surface area contributed by atoms with Crippen molar-refractivity contribution in [1.82, 2.24) is 4.90 Å². The summed E-state index contributed by atoms with van der Waals surface area (Å²) in [7, 11) is 1.83. The molecule has 1 aliphatic rings. The number of halogens is 2. The number of amides is 1. The number of hydrogen-bond donors (Lipinski definition) is 0. The van der Waals surface area contributed by atoms with Gasteiger partial charge in [0.1, 0.15) is 0 Å². The SMILES string of the molecule is CN(C(=O)c1cccc(Br)c1Cl)C1CC1. The molecule has 2 rings (SSSR count). The van der Waals surface area contributed by atoms with Crippen molar-refractivity contribution in [3.8, 4) is 0 Å². The van der Waals surface area contributed by atoms with Crippen LogP contribution in [0, 0.1) is 0 Å². The predicted molar refractivity (Wildman–Crippen MR) is 64.3 cm³/mol. The summed E-state index contributed by atoms with van der Waals surface area (Å²) < 4.78 is 0.763. The monoisotopic (exact) mass is 287 g/mol. The molecule has 0 aliphatic heterocycles. The molecule has 0 bridgehead atoms. The van der Waals surface area contributed by atoms with E-state index in [1.54, 1.807) is 11.0 Å². The smallest absolute Gasteiger partial charge is 0.255 e. The maximum absolute atomic E-state index is 12.0. The van der Waals surface area contributed by atoms with Crippen LogP contribution in [-0.2, 0) is 0 Å². The lowest BCUT2D eigenvalue weighted by Gasteiger charge is -2.17. The molecule has 1 aromatic carbocycles. The molecule has 15 heavy (non-hydrogen) atoms. The zero-order valence-corrected chi connectivity index (χ0v) is 10.7. The van der Waals surface area contributed by atoms with Gasteiger partial charge in [-0.3, -0.25) is 4.79 Å². The number of hydrogen-bond acceptors (Lipinski definition) is 1. The molecule has 0 spiro atoms. The highest BCUT2D eigenvalue weighted by atomic mass is 79.9. The summed E-state index contributed by atoms with van der Waals surface area (Å²) in [4.78, 5) is 13.8. The first-order chi connectivity index (χ1) is 7.11. The van der Waals surface area contributed by atoms with Gasteiger partial charge < -0.3 is 4.90 Å². The summed E-state index contributed by atoms with van der Waals surface area (Å²) in [5.41, 5.74) is 0.570. The van der Waals surface area contributed by atoms with Crippen LogP contribution in [0.2, 0.25) is 5.02 Å². The molecule has 1 saturated carbocycles. The zero-order chi connectivity index (χ0) is 11.0. The lowest BCUT2D eigenvalue weighted by atomic mass is 10.2. The van der Waals surface area contributed by atoms with E-state index in [1.165, 1.54) is 0 Å². The Labute approximate surface area is 102 Å². The van der Waals surface area contributed by atoms with E-state index < -0.39 is 0 Å². The second-order valence-electron chi connectivity index (χ2n) is 3.75. The Bertz CT molecular complexity index is 404. The third-order valence-corrected chi connectivity index (χ3v) is 3.89. The molecule has 0 N–H and O–H groups in total. The Kier molecular flexibility index (Phi) is 3.03. The minimum Gasteiger partial charge on any atom is -0.339 e. The average Bonchev–Trinajstić information content (AvgIpc) is 3.03. The van der Waals surface area contributed by atoms with Gasteiger partial charge in [0.25, 0.3) is 5.91 Å². The van der Waals surface area contributed by atoms with Gasteiger partial charge in [0.2, 0.25) is 0 Å². The lowest BCUT2D eigenvalue weighted by Crippen LogP contribution is -2.28. The van der Waals surface area contributed by atoms with Gasteiger partial charge in [0.05, 0.1) is 10.6 Å². The normalized spacial score (nSPS) is 15.1. The molecule has 0 aromatic heterocycles. The van der Waals surface area contributed by atoms with Crippen LogP contribution in [-0.4, -0.2) is 23.9 Å². The summed E-state index contributed by atoms with van der Waals surface area (Å²) in [5, 5.41) is 0.495. The first kappa shape index (κ1) is 11.0. The van der Waals surface area contributed by atoms with Crippen LogP contribution in [0.5, 0.6) is 0 Å². The summed E-state index contributed by atoms with van der Waals surface area (Å²) in [6.07, 6.45) is 2.21. The van der Waals surface area contributed by atoms with Crippen molar-refractivity contribution in [2.45, 2.75) is 18.9 Å². The second-order valence-corrected chi connectivity index (χ2v) is 4.98. The minimum absolute atomic E-state index is 0.00352. The molecule has 1 amide bonds. The van der Waals surface area contributed by atoms with Crippen LogP contribution >= 0.6 is 27.5 Å². The Morgan fingerprint density at radius 2 is 2.20 bits per heavy atom. The first-order valence-electron chi connectivity index (χ1n) is 4.82. The van der Waals surface area contributed by atoms with Crippen LogP contribution in [0.25, 0.3) is 0 Å². The minimum atomic E-state index is 0.00352. The van der Waals surface area contributed by atoms with Crippen molar-refractivity contribution < 1.29 is 4.79 Å². The van der Waals surface area contributed by atoms with Crippen LogP contribution in [0.15, 0.2) is 22.7 Å². The highest BCUT2D eigenvalue weighted by Crippen LogP contribution is 2.30. The first-order valence-corrected chi connectivity index (χ1v) is 5.99. The summed E-state index contributed by atoms with van der Waals surface area (Å²) >= 11 is 9.38. The van der Waals surface area contributed by atoms with Crippen LogP contribution in [0.3, 0.4) is 0 Å². The van der Waals surface area contributed by atoms with Crippen molar-refractivity contribution in [2.24, 2.45) is 0 Å². The lowest BCUT2D eigenvalue weighted by molar-refractivity contribution is 0.0785. The average molecular weight is 289 g/mol. The third kappa shape index (κ3) is 2.18. The molecule has 1 aromatic rings. The quantitative estimate of drug-likeness (QED) is 0.817. The van der Waals surface area contributed by atoms with Gasteiger partial charge in [-0.15, -0.1) is 0 Å². The van der Waals surface area contributed by atoms with E-state index in [0.717, 1.165) is 17.3 Å². The van der Waals surface area contributed by atoms with Gasteiger partial charge in [0.15, 0.2) is 0 Å². The highest BCUT2D eigenvalue weighted by molar-refractivity contribution is 9.10. The maximum Gasteiger partial charge on any atom is 0.255 e. The van der Waals surface area contributed by atoms with E-state index in [9.17, 15) is 4.79 Å². The van der Waals surface area contributed by atoms with E-state index >= 15 is 0 Å². The van der Waals surface area contributed by atoms with E-state index in [1.807, 2.05) is 19.2 Å². The van der Waals surface area contributed by atoms with Gasteiger partial charge in [-0.2, -0.15) is 0 Å². The van der Waals surface area contributed by atoms with Crippen molar-refractivity contribution >= 4 is 33.4 Å². The van der Waals surface area contributed by atoms with Gasteiger partial charge in [-0.25, -0.2) is 0 Å². The number of carbonyl (C=O) groups excluding carboxylic acids is 1. The molecule has 0 radical (unpaired) electrons. The summed E-state index contributed by atoms with van der Waals surface area (Å²) in [5.74, 6) is 0.00352. The zero-order valence-electron chi connectivity index (χ0n) is 8.34. The third-order valence-electron chi connectivity index (χ3n) is 2.60. The van der Waals surface area contributed by atoms with Gasteiger partial charge >= 0.3 is 0 Å². The van der Waals surface area contributed by atoms with E-state index in [2.05, 4.69) is 15.9 Å². The molecule has 0 unspecified atom stereocenters. The van der Waals surface area contributed by atoms with Crippen LogP contribution in [0.4, 0.5) is 0 Å². The van der Waals surface area contributed by atoms with E-state index in [4.69, 9.17) is 11.6 Å². The largest absolute Gasteiger partial charge is 0.339 e. The fourth-order valence-electron chi connectivity index (χ4n) is 1.49. The summed E-state index contributed by atoms with van der Waals surface area (Å²) in [6.45, 7) is 0. The molecule has 80 valence electrons. The fraction of sp³-hybridized carbons (Fsp3) is 0.364. The topological polar surface area (TPSA) is 20.3 Å². The molecule has 1 fully saturated rings. The molecule has 0 atom stereocenters. The van der Waals surface area contributed by atoms with Crippen molar-refractivity contribution in [3.63, 3.8) is 0 Å². The van der Waals surface area contributed by atoms with Crippen LogP contribution in [0.1, 0.15) is 23.2 Å². The fourth-order valence-corrected chi connectivity index (χ4v) is 2.06. The van der Waals surface area contributed by atoms with Crippen molar-refractivity contribution in [2.75, 3.05) is 7.05 Å². The van der Waals surface area contributed by atoms with E-state index in [-0.39, 0.29) is 5.91 Å². The molecule has 0 heterocycles. The Balaban J connectivity index is 2.28. The second kappa shape index (κ2) is 4.14. The highest BCUT2D eigenvalue weighted by Gasteiger charge is 2.30. The number of benzene rings is 1. The molecule has 2 nitrogen and oxygen atoms in total. The number of nitrogens with zero attached hydrogens (tertiary/aromatic N) is 1. The number of rotatable bonds is 2.